The molecule has 0 radical (unpaired) electrons. The van der Waals surface area contributed by atoms with Gasteiger partial charge >= 0.3 is 0 Å². The minimum absolute atomic E-state index is 0.166. The quantitative estimate of drug-likeness (QED) is 0.905. The Hall–Kier alpha value is -1.39. The first-order valence-electron chi connectivity index (χ1n) is 6.57. The van der Waals surface area contributed by atoms with Crippen LogP contribution in [0.2, 0.25) is 0 Å². The summed E-state index contributed by atoms with van der Waals surface area (Å²) >= 11 is 3.52. The number of halogens is 1. The van der Waals surface area contributed by atoms with Gasteiger partial charge in [-0.25, -0.2) is 0 Å². The highest BCUT2D eigenvalue weighted by molar-refractivity contribution is 9.10. The second kappa shape index (κ2) is 6.86. The average Bonchev–Trinajstić information content (AvgIpc) is 2.46. The van der Waals surface area contributed by atoms with Crippen LogP contribution in [0, 0.1) is 6.92 Å². The van der Waals surface area contributed by atoms with Gasteiger partial charge in [-0.3, -0.25) is 4.98 Å². The van der Waals surface area contributed by atoms with Crippen molar-refractivity contribution < 1.29 is 4.74 Å². The Kier molecular flexibility index (Phi) is 5.15. The summed E-state index contributed by atoms with van der Waals surface area (Å²) in [4.78, 5) is 4.51. The standard InChI is InChI=1S/C16H19BrN2O/c1-11-5-4-8-19-16(11)14(18-2)10-12-9-13(17)6-7-15(12)20-3/h4-9,14,18H,10H2,1-3H3. The number of hydrogen-bond donors (Lipinski definition) is 1. The van der Waals surface area contributed by atoms with Crippen LogP contribution in [0.1, 0.15) is 22.9 Å². The molecule has 1 N–H and O–H groups in total. The predicted molar refractivity (Wildman–Crippen MR) is 85.2 cm³/mol. The summed E-state index contributed by atoms with van der Waals surface area (Å²) in [6.07, 6.45) is 2.67. The van der Waals surface area contributed by atoms with Crippen LogP contribution >= 0.6 is 15.9 Å². The third kappa shape index (κ3) is 3.38. The van der Waals surface area contributed by atoms with Crippen molar-refractivity contribution in [2.75, 3.05) is 14.2 Å². The molecule has 0 aliphatic heterocycles. The van der Waals surface area contributed by atoms with Gasteiger partial charge in [-0.15, -0.1) is 0 Å². The number of ether oxygens (including phenoxy) is 1. The molecule has 0 bridgehead atoms. The molecule has 0 aliphatic rings. The fourth-order valence-corrected chi connectivity index (χ4v) is 2.73. The third-order valence-corrected chi connectivity index (χ3v) is 3.89. The van der Waals surface area contributed by atoms with E-state index in [1.165, 1.54) is 5.56 Å². The second-order valence-electron chi connectivity index (χ2n) is 4.71. The number of aromatic nitrogens is 1. The molecule has 1 aromatic heterocycles. The zero-order chi connectivity index (χ0) is 14.5. The van der Waals surface area contributed by atoms with E-state index in [0.29, 0.717) is 0 Å². The molecule has 0 amide bonds. The Bertz CT molecular complexity index is 586. The van der Waals surface area contributed by atoms with Gasteiger partial charge in [0.25, 0.3) is 0 Å². The van der Waals surface area contributed by atoms with E-state index in [0.717, 1.165) is 27.9 Å². The van der Waals surface area contributed by atoms with Crippen molar-refractivity contribution >= 4 is 15.9 Å². The van der Waals surface area contributed by atoms with Gasteiger partial charge < -0.3 is 10.1 Å². The van der Waals surface area contributed by atoms with E-state index >= 15 is 0 Å². The number of hydrogen-bond acceptors (Lipinski definition) is 3. The molecule has 0 saturated heterocycles. The Balaban J connectivity index is 2.31. The first kappa shape index (κ1) is 15.0. The van der Waals surface area contributed by atoms with Gasteiger partial charge in [0.15, 0.2) is 0 Å². The molecule has 1 atom stereocenters. The molecule has 106 valence electrons. The summed E-state index contributed by atoms with van der Waals surface area (Å²) in [5.41, 5.74) is 3.43. The van der Waals surface area contributed by atoms with Crippen molar-refractivity contribution in [3.05, 3.63) is 57.8 Å². The minimum atomic E-state index is 0.166. The molecule has 20 heavy (non-hydrogen) atoms. The summed E-state index contributed by atoms with van der Waals surface area (Å²) in [6, 6.07) is 10.3. The SMILES string of the molecule is CNC(Cc1cc(Br)ccc1OC)c1ncccc1C. The smallest absolute Gasteiger partial charge is 0.122 e. The zero-order valence-electron chi connectivity index (χ0n) is 12.0. The van der Waals surface area contributed by atoms with Crippen molar-refractivity contribution in [2.45, 2.75) is 19.4 Å². The van der Waals surface area contributed by atoms with Crippen LogP contribution in [0.25, 0.3) is 0 Å². The molecule has 0 fully saturated rings. The lowest BCUT2D eigenvalue weighted by Crippen LogP contribution is -2.21. The summed E-state index contributed by atoms with van der Waals surface area (Å²) in [5.74, 6) is 0.905. The van der Waals surface area contributed by atoms with Gasteiger partial charge in [-0.2, -0.15) is 0 Å². The van der Waals surface area contributed by atoms with Gasteiger partial charge in [0.2, 0.25) is 0 Å². The van der Waals surface area contributed by atoms with E-state index in [1.54, 1.807) is 7.11 Å². The molecule has 1 unspecified atom stereocenters. The molecule has 1 aromatic carbocycles. The van der Waals surface area contributed by atoms with Crippen molar-refractivity contribution in [1.29, 1.82) is 0 Å². The van der Waals surface area contributed by atoms with E-state index < -0.39 is 0 Å². The van der Waals surface area contributed by atoms with Gasteiger partial charge in [-0.05, 0) is 55.8 Å². The van der Waals surface area contributed by atoms with Gasteiger partial charge in [-0.1, -0.05) is 22.0 Å². The maximum atomic E-state index is 5.44. The van der Waals surface area contributed by atoms with Crippen molar-refractivity contribution in [2.24, 2.45) is 0 Å². The molecule has 1 heterocycles. The minimum Gasteiger partial charge on any atom is -0.496 e. The lowest BCUT2D eigenvalue weighted by Gasteiger charge is -2.19. The van der Waals surface area contributed by atoms with Crippen LogP contribution in [0.3, 0.4) is 0 Å². The lowest BCUT2D eigenvalue weighted by molar-refractivity contribution is 0.406. The van der Waals surface area contributed by atoms with Crippen LogP contribution in [0.4, 0.5) is 0 Å². The Labute approximate surface area is 128 Å². The molecule has 0 aliphatic carbocycles. The van der Waals surface area contributed by atoms with Gasteiger partial charge in [0.1, 0.15) is 5.75 Å². The number of aryl methyl sites for hydroxylation is 1. The highest BCUT2D eigenvalue weighted by atomic mass is 79.9. The monoisotopic (exact) mass is 334 g/mol. The average molecular weight is 335 g/mol. The summed E-state index contributed by atoms with van der Waals surface area (Å²) in [7, 11) is 3.66. The third-order valence-electron chi connectivity index (χ3n) is 3.39. The number of nitrogens with one attached hydrogen (secondary N) is 1. The number of benzene rings is 1. The highest BCUT2D eigenvalue weighted by Gasteiger charge is 2.16. The molecule has 0 saturated carbocycles. The fourth-order valence-electron chi connectivity index (χ4n) is 2.32. The van der Waals surface area contributed by atoms with Crippen LogP contribution in [-0.4, -0.2) is 19.1 Å². The summed E-state index contributed by atoms with van der Waals surface area (Å²) < 4.78 is 6.50. The highest BCUT2D eigenvalue weighted by Crippen LogP contribution is 2.28. The summed E-state index contributed by atoms with van der Waals surface area (Å²) in [6.45, 7) is 2.09. The molecule has 2 rings (SSSR count). The van der Waals surface area contributed by atoms with Crippen LogP contribution in [0.15, 0.2) is 41.0 Å². The fraction of sp³-hybridized carbons (Fsp3) is 0.312. The topological polar surface area (TPSA) is 34.1 Å². The molecule has 0 spiro atoms. The number of methoxy groups -OCH3 is 1. The molecule has 3 nitrogen and oxygen atoms in total. The van der Waals surface area contributed by atoms with E-state index in [-0.39, 0.29) is 6.04 Å². The number of rotatable bonds is 5. The van der Waals surface area contributed by atoms with Crippen molar-refractivity contribution in [3.8, 4) is 5.75 Å². The molecule has 2 aromatic rings. The maximum Gasteiger partial charge on any atom is 0.122 e. The number of nitrogens with zero attached hydrogens (tertiary/aromatic N) is 1. The first-order valence-corrected chi connectivity index (χ1v) is 7.36. The van der Waals surface area contributed by atoms with Gasteiger partial charge in [0.05, 0.1) is 18.8 Å². The largest absolute Gasteiger partial charge is 0.496 e. The van der Waals surface area contributed by atoms with Crippen LogP contribution < -0.4 is 10.1 Å². The molecule has 4 heteroatoms. The van der Waals surface area contributed by atoms with E-state index in [4.69, 9.17) is 4.74 Å². The zero-order valence-corrected chi connectivity index (χ0v) is 13.6. The van der Waals surface area contributed by atoms with Crippen LogP contribution in [-0.2, 0) is 6.42 Å². The maximum absolute atomic E-state index is 5.44. The Morgan fingerprint density at radius 3 is 2.80 bits per heavy atom. The first-order chi connectivity index (χ1) is 9.65. The predicted octanol–water partition coefficient (Wildman–Crippen LogP) is 3.66. The molecular weight excluding hydrogens is 316 g/mol. The van der Waals surface area contributed by atoms with Crippen molar-refractivity contribution in [3.63, 3.8) is 0 Å². The van der Waals surface area contributed by atoms with Crippen LogP contribution in [0.5, 0.6) is 5.75 Å². The molecular formula is C16H19BrN2O. The number of likely N-dealkylation sites (N-methyl/N-ethyl adjacent to an activating group) is 1. The van der Waals surface area contributed by atoms with E-state index in [9.17, 15) is 0 Å². The van der Waals surface area contributed by atoms with Crippen molar-refractivity contribution in [1.82, 2.24) is 10.3 Å². The summed E-state index contributed by atoms with van der Waals surface area (Å²) in [5, 5.41) is 3.35. The number of pyridine rings is 1. The van der Waals surface area contributed by atoms with E-state index in [2.05, 4.69) is 45.3 Å². The second-order valence-corrected chi connectivity index (χ2v) is 5.62. The van der Waals surface area contributed by atoms with E-state index in [1.807, 2.05) is 31.4 Å². The normalized spacial score (nSPS) is 12.2. The van der Waals surface area contributed by atoms with Gasteiger partial charge in [0, 0.05) is 10.7 Å². The Morgan fingerprint density at radius 1 is 1.35 bits per heavy atom. The lowest BCUT2D eigenvalue weighted by atomic mass is 9.99. The Morgan fingerprint density at radius 2 is 2.15 bits per heavy atom.